The van der Waals surface area contributed by atoms with Crippen molar-refractivity contribution < 1.29 is 19.1 Å². The Morgan fingerprint density at radius 2 is 1.68 bits per heavy atom. The van der Waals surface area contributed by atoms with E-state index in [0.717, 1.165) is 36.8 Å². The van der Waals surface area contributed by atoms with Crippen LogP contribution in [-0.4, -0.2) is 36.0 Å². The number of benzene rings is 1. The van der Waals surface area contributed by atoms with Crippen LogP contribution in [-0.2, 0) is 25.5 Å². The van der Waals surface area contributed by atoms with E-state index in [1.807, 2.05) is 12.1 Å². The molecule has 2 fully saturated rings. The zero-order valence-corrected chi connectivity index (χ0v) is 15.9. The van der Waals surface area contributed by atoms with Gasteiger partial charge in [0.05, 0.1) is 0 Å². The largest absolute Gasteiger partial charge is 0.462 e. The van der Waals surface area contributed by atoms with Gasteiger partial charge in [-0.3, -0.25) is 14.4 Å². The summed E-state index contributed by atoms with van der Waals surface area (Å²) in [7, 11) is 0. The minimum atomic E-state index is -0.702. The van der Waals surface area contributed by atoms with Gasteiger partial charge in [0, 0.05) is 18.4 Å². The van der Waals surface area contributed by atoms with E-state index in [9.17, 15) is 14.4 Å². The molecule has 28 heavy (non-hydrogen) atoms. The number of carbonyl (C=O) groups is 3. The van der Waals surface area contributed by atoms with E-state index in [4.69, 9.17) is 11.2 Å². The van der Waals surface area contributed by atoms with E-state index < -0.39 is 12.1 Å². The molecule has 0 radical (unpaired) electrons. The smallest absolute Gasteiger partial charge is 0.306 e. The van der Waals surface area contributed by atoms with Gasteiger partial charge in [-0.1, -0.05) is 24.5 Å². The standard InChI is InChI=1S/C22H26N2O4/c1-2-15-8-10-16(11-9-15)14-19-22(27)23-18(21(26)24-19)12-13-20(25)28-17-6-4-3-5-7-17/h1,8-11,17-19H,3-7,12-14H2,(H,23,27)(H,24,26)/t18-,19-/m0/s1. The van der Waals surface area contributed by atoms with Crippen LogP contribution < -0.4 is 10.6 Å². The summed E-state index contributed by atoms with van der Waals surface area (Å²) in [6, 6.07) is 5.97. The lowest BCUT2D eigenvalue weighted by molar-refractivity contribution is -0.151. The van der Waals surface area contributed by atoms with E-state index in [1.165, 1.54) is 6.42 Å². The molecule has 1 aliphatic carbocycles. The average molecular weight is 382 g/mol. The van der Waals surface area contributed by atoms with Crippen LogP contribution in [0.25, 0.3) is 0 Å². The summed E-state index contributed by atoms with van der Waals surface area (Å²) < 4.78 is 5.47. The first-order valence-electron chi connectivity index (χ1n) is 9.91. The molecule has 0 spiro atoms. The first-order valence-corrected chi connectivity index (χ1v) is 9.91. The number of esters is 1. The van der Waals surface area contributed by atoms with Gasteiger partial charge in [0.2, 0.25) is 11.8 Å². The summed E-state index contributed by atoms with van der Waals surface area (Å²) in [6.45, 7) is 0. The Labute approximate surface area is 165 Å². The van der Waals surface area contributed by atoms with Crippen molar-refractivity contribution in [1.82, 2.24) is 10.6 Å². The maximum absolute atomic E-state index is 12.4. The maximum atomic E-state index is 12.4. The fourth-order valence-electron chi connectivity index (χ4n) is 3.69. The Kier molecular flexibility index (Phi) is 6.70. The van der Waals surface area contributed by atoms with Gasteiger partial charge in [-0.15, -0.1) is 6.42 Å². The predicted molar refractivity (Wildman–Crippen MR) is 104 cm³/mol. The highest BCUT2D eigenvalue weighted by atomic mass is 16.5. The number of piperazine rings is 1. The zero-order chi connectivity index (χ0) is 19.9. The summed E-state index contributed by atoms with van der Waals surface area (Å²) in [4.78, 5) is 36.7. The Hall–Kier alpha value is -2.81. The number of terminal acetylenes is 1. The van der Waals surface area contributed by atoms with Crippen molar-refractivity contribution in [2.75, 3.05) is 0 Å². The van der Waals surface area contributed by atoms with E-state index in [1.54, 1.807) is 12.1 Å². The third-order valence-corrected chi connectivity index (χ3v) is 5.31. The monoisotopic (exact) mass is 382 g/mol. The van der Waals surface area contributed by atoms with Gasteiger partial charge < -0.3 is 15.4 Å². The topological polar surface area (TPSA) is 84.5 Å². The van der Waals surface area contributed by atoms with Gasteiger partial charge in [0.1, 0.15) is 18.2 Å². The molecule has 1 saturated carbocycles. The number of rotatable bonds is 6. The summed E-state index contributed by atoms with van der Waals surface area (Å²) >= 11 is 0. The van der Waals surface area contributed by atoms with Crippen LogP contribution in [0.2, 0.25) is 0 Å². The van der Waals surface area contributed by atoms with Crippen LogP contribution in [0, 0.1) is 12.3 Å². The van der Waals surface area contributed by atoms with E-state index in [2.05, 4.69) is 16.6 Å². The van der Waals surface area contributed by atoms with Gasteiger partial charge in [0.25, 0.3) is 0 Å². The molecule has 1 aromatic rings. The lowest BCUT2D eigenvalue weighted by Crippen LogP contribution is -2.62. The molecule has 2 amide bonds. The van der Waals surface area contributed by atoms with Gasteiger partial charge in [0.15, 0.2) is 0 Å². The van der Waals surface area contributed by atoms with E-state index in [-0.39, 0.29) is 36.7 Å². The van der Waals surface area contributed by atoms with Crippen molar-refractivity contribution in [3.05, 3.63) is 35.4 Å². The molecule has 0 bridgehead atoms. The van der Waals surface area contributed by atoms with Crippen molar-refractivity contribution in [2.24, 2.45) is 0 Å². The number of hydrogen-bond donors (Lipinski definition) is 2. The molecule has 6 heteroatoms. The number of amides is 2. The Bertz CT molecular complexity index is 760. The number of ether oxygens (including phenoxy) is 1. The Morgan fingerprint density at radius 3 is 2.36 bits per heavy atom. The van der Waals surface area contributed by atoms with Crippen molar-refractivity contribution in [2.45, 2.75) is 69.6 Å². The molecule has 0 unspecified atom stereocenters. The molecular formula is C22H26N2O4. The van der Waals surface area contributed by atoms with Crippen LogP contribution >= 0.6 is 0 Å². The molecule has 2 atom stereocenters. The highest BCUT2D eigenvalue weighted by Crippen LogP contribution is 2.21. The minimum absolute atomic E-state index is 0.00117. The SMILES string of the molecule is C#Cc1ccc(C[C@@H]2NC(=O)[C@H](CCC(=O)OC3CCCCC3)NC2=O)cc1. The molecular weight excluding hydrogens is 356 g/mol. The predicted octanol–water partition coefficient (Wildman–Crippen LogP) is 1.85. The van der Waals surface area contributed by atoms with Gasteiger partial charge in [-0.05, 0) is 49.8 Å². The maximum Gasteiger partial charge on any atom is 0.306 e. The summed E-state index contributed by atoms with van der Waals surface area (Å²) in [6.07, 6.45) is 11.3. The molecule has 1 aromatic carbocycles. The van der Waals surface area contributed by atoms with Crippen molar-refractivity contribution in [3.8, 4) is 12.3 Å². The molecule has 148 valence electrons. The molecule has 0 aromatic heterocycles. The first-order chi connectivity index (χ1) is 13.5. The molecule has 1 heterocycles. The lowest BCUT2D eigenvalue weighted by Gasteiger charge is -2.29. The fourth-order valence-corrected chi connectivity index (χ4v) is 3.69. The van der Waals surface area contributed by atoms with E-state index in [0.29, 0.717) is 6.42 Å². The van der Waals surface area contributed by atoms with Crippen molar-refractivity contribution in [1.29, 1.82) is 0 Å². The number of carbonyl (C=O) groups excluding carboxylic acids is 3. The molecule has 1 aliphatic heterocycles. The fraction of sp³-hybridized carbons (Fsp3) is 0.500. The van der Waals surface area contributed by atoms with E-state index >= 15 is 0 Å². The Balaban J connectivity index is 1.46. The average Bonchev–Trinajstić information content (AvgIpc) is 2.71. The van der Waals surface area contributed by atoms with Gasteiger partial charge in [-0.2, -0.15) is 0 Å². The van der Waals surface area contributed by atoms with Crippen LogP contribution in [0.5, 0.6) is 0 Å². The highest BCUT2D eigenvalue weighted by molar-refractivity contribution is 5.97. The molecule has 1 saturated heterocycles. The summed E-state index contributed by atoms with van der Waals surface area (Å²) in [5.41, 5.74) is 1.68. The summed E-state index contributed by atoms with van der Waals surface area (Å²) in [5, 5.41) is 5.48. The number of nitrogens with one attached hydrogen (secondary N) is 2. The minimum Gasteiger partial charge on any atom is -0.462 e. The quantitative estimate of drug-likeness (QED) is 0.581. The molecule has 2 aliphatic rings. The highest BCUT2D eigenvalue weighted by Gasteiger charge is 2.34. The second kappa shape index (κ2) is 9.41. The van der Waals surface area contributed by atoms with Crippen LogP contribution in [0.15, 0.2) is 24.3 Å². The zero-order valence-electron chi connectivity index (χ0n) is 15.9. The van der Waals surface area contributed by atoms with Crippen LogP contribution in [0.4, 0.5) is 0 Å². The normalized spacial score (nSPS) is 22.7. The van der Waals surface area contributed by atoms with Gasteiger partial charge >= 0.3 is 5.97 Å². The first kappa shape index (κ1) is 19.9. The second-order valence-electron chi connectivity index (χ2n) is 7.46. The molecule has 6 nitrogen and oxygen atoms in total. The van der Waals surface area contributed by atoms with Crippen LogP contribution in [0.3, 0.4) is 0 Å². The number of hydrogen-bond acceptors (Lipinski definition) is 4. The van der Waals surface area contributed by atoms with Crippen molar-refractivity contribution >= 4 is 17.8 Å². The summed E-state index contributed by atoms with van der Waals surface area (Å²) in [5.74, 6) is 1.73. The van der Waals surface area contributed by atoms with Gasteiger partial charge in [-0.25, -0.2) is 0 Å². The lowest BCUT2D eigenvalue weighted by atomic mass is 9.97. The third-order valence-electron chi connectivity index (χ3n) is 5.31. The van der Waals surface area contributed by atoms with Crippen LogP contribution in [0.1, 0.15) is 56.1 Å². The third kappa shape index (κ3) is 5.35. The molecule has 2 N–H and O–H groups in total. The second-order valence-corrected chi connectivity index (χ2v) is 7.46. The molecule has 3 rings (SSSR count). The Morgan fingerprint density at radius 1 is 1.04 bits per heavy atom. The van der Waals surface area contributed by atoms with Crippen molar-refractivity contribution in [3.63, 3.8) is 0 Å².